The van der Waals surface area contributed by atoms with Gasteiger partial charge in [0.25, 0.3) is 5.69 Å². The van der Waals surface area contributed by atoms with Crippen molar-refractivity contribution in [1.82, 2.24) is 0 Å². The van der Waals surface area contributed by atoms with Crippen LogP contribution in [0.15, 0.2) is 23.1 Å². The highest BCUT2D eigenvalue weighted by Gasteiger charge is 2.30. The van der Waals surface area contributed by atoms with Gasteiger partial charge in [-0.05, 0) is 25.0 Å². The molecule has 23 heavy (non-hydrogen) atoms. The van der Waals surface area contributed by atoms with Crippen molar-refractivity contribution in [2.24, 2.45) is 5.92 Å². The Kier molecular flexibility index (Phi) is 4.88. The number of carboxylic acids is 1. The fraction of sp³-hybridized carbons (Fsp3) is 0.500. The fourth-order valence-electron chi connectivity index (χ4n) is 2.67. The first kappa shape index (κ1) is 17.2. The van der Waals surface area contributed by atoms with Crippen molar-refractivity contribution < 1.29 is 23.2 Å². The van der Waals surface area contributed by atoms with Gasteiger partial charge in [-0.2, -0.15) is 0 Å². The lowest BCUT2D eigenvalue weighted by atomic mass is 9.97. The summed E-state index contributed by atoms with van der Waals surface area (Å²) in [7, 11) is -3.54. The summed E-state index contributed by atoms with van der Waals surface area (Å²) in [5.74, 6) is -1.65. The number of sulfone groups is 1. The monoisotopic (exact) mass is 342 g/mol. The minimum absolute atomic E-state index is 0.0951. The van der Waals surface area contributed by atoms with Crippen molar-refractivity contribution in [2.45, 2.75) is 24.7 Å². The van der Waals surface area contributed by atoms with Crippen LogP contribution in [0, 0.1) is 16.0 Å². The van der Waals surface area contributed by atoms with Gasteiger partial charge in [0.05, 0.1) is 21.5 Å². The van der Waals surface area contributed by atoms with Crippen LogP contribution in [0.2, 0.25) is 0 Å². The first-order valence-corrected chi connectivity index (χ1v) is 8.90. The molecular weight excluding hydrogens is 324 g/mol. The second-order valence-corrected chi connectivity index (χ2v) is 7.71. The predicted molar refractivity (Wildman–Crippen MR) is 83.4 cm³/mol. The van der Waals surface area contributed by atoms with Gasteiger partial charge in [0.15, 0.2) is 9.84 Å². The van der Waals surface area contributed by atoms with E-state index in [1.807, 2.05) is 0 Å². The number of carbonyl (C=O) groups is 1. The quantitative estimate of drug-likeness (QED) is 0.639. The van der Waals surface area contributed by atoms with Crippen LogP contribution in [0.25, 0.3) is 0 Å². The van der Waals surface area contributed by atoms with Crippen LogP contribution in [0.5, 0.6) is 0 Å². The van der Waals surface area contributed by atoms with Crippen molar-refractivity contribution in [1.29, 1.82) is 0 Å². The molecule has 0 amide bonds. The molecule has 1 fully saturated rings. The number of rotatable bonds is 5. The highest BCUT2D eigenvalue weighted by atomic mass is 32.2. The van der Waals surface area contributed by atoms with Crippen molar-refractivity contribution in [3.8, 4) is 0 Å². The standard InChI is InChI=1S/C14H18N2O6S/c1-2-23(21,22)11-5-6-12(13(8-11)16(19)20)15-7-3-4-10(9-15)14(17)18/h5-6,8,10H,2-4,7,9H2,1H3,(H,17,18). The average molecular weight is 342 g/mol. The molecule has 2 rings (SSSR count). The van der Waals surface area contributed by atoms with Crippen molar-refractivity contribution in [2.75, 3.05) is 23.7 Å². The molecule has 1 N–H and O–H groups in total. The number of anilines is 1. The van der Waals surface area contributed by atoms with Crippen molar-refractivity contribution >= 4 is 27.2 Å². The molecule has 9 heteroatoms. The highest BCUT2D eigenvalue weighted by molar-refractivity contribution is 7.91. The summed E-state index contributed by atoms with van der Waals surface area (Å²) >= 11 is 0. The van der Waals surface area contributed by atoms with Gasteiger partial charge in [-0.1, -0.05) is 6.92 Å². The highest BCUT2D eigenvalue weighted by Crippen LogP contribution is 2.33. The number of carboxylic acid groups (broad SMARTS) is 1. The van der Waals surface area contributed by atoms with E-state index >= 15 is 0 Å². The fourth-order valence-corrected chi connectivity index (χ4v) is 3.57. The van der Waals surface area contributed by atoms with Gasteiger partial charge in [0.1, 0.15) is 5.69 Å². The summed E-state index contributed by atoms with van der Waals surface area (Å²) in [4.78, 5) is 23.4. The Hall–Kier alpha value is -2.16. The summed E-state index contributed by atoms with van der Waals surface area (Å²) in [5.41, 5.74) is -0.0541. The summed E-state index contributed by atoms with van der Waals surface area (Å²) in [6.45, 7) is 2.15. The normalized spacial score (nSPS) is 18.7. The Morgan fingerprint density at radius 1 is 1.48 bits per heavy atom. The van der Waals surface area contributed by atoms with Crippen LogP contribution in [-0.2, 0) is 14.6 Å². The van der Waals surface area contributed by atoms with E-state index in [1.54, 1.807) is 4.90 Å². The SMILES string of the molecule is CCS(=O)(=O)c1ccc(N2CCCC(C(=O)O)C2)c([N+](=O)[O-])c1. The Bertz CT molecular complexity index is 731. The van der Waals surface area contributed by atoms with Crippen LogP contribution >= 0.6 is 0 Å². The molecule has 1 aliphatic heterocycles. The average Bonchev–Trinajstić information content (AvgIpc) is 2.54. The zero-order valence-electron chi connectivity index (χ0n) is 12.6. The maximum absolute atomic E-state index is 11.9. The molecule has 1 unspecified atom stereocenters. The van der Waals surface area contributed by atoms with Gasteiger partial charge >= 0.3 is 5.97 Å². The third kappa shape index (κ3) is 3.61. The molecule has 0 radical (unpaired) electrons. The molecule has 0 spiro atoms. The van der Waals surface area contributed by atoms with E-state index in [0.717, 1.165) is 6.07 Å². The summed E-state index contributed by atoms with van der Waals surface area (Å²) in [6, 6.07) is 3.79. The van der Waals surface area contributed by atoms with Gasteiger partial charge in [-0.3, -0.25) is 14.9 Å². The van der Waals surface area contributed by atoms with Crippen LogP contribution in [0.4, 0.5) is 11.4 Å². The van der Waals surface area contributed by atoms with Crippen LogP contribution in [-0.4, -0.2) is 43.3 Å². The summed E-state index contributed by atoms with van der Waals surface area (Å²) in [5, 5.41) is 20.4. The zero-order chi connectivity index (χ0) is 17.2. The second kappa shape index (κ2) is 6.53. The first-order chi connectivity index (χ1) is 10.8. The smallest absolute Gasteiger partial charge is 0.308 e. The molecule has 0 saturated carbocycles. The first-order valence-electron chi connectivity index (χ1n) is 7.25. The van der Waals surface area contributed by atoms with E-state index in [9.17, 15) is 23.3 Å². The number of nitrogens with zero attached hydrogens (tertiary/aromatic N) is 2. The molecule has 1 aliphatic rings. The van der Waals surface area contributed by atoms with Crippen molar-refractivity contribution in [3.05, 3.63) is 28.3 Å². The molecule has 0 aliphatic carbocycles. The lowest BCUT2D eigenvalue weighted by Gasteiger charge is -2.32. The van der Waals surface area contributed by atoms with Crippen molar-refractivity contribution in [3.63, 3.8) is 0 Å². The summed E-state index contributed by atoms with van der Waals surface area (Å²) in [6.07, 6.45) is 1.14. The van der Waals surface area contributed by atoms with E-state index in [1.165, 1.54) is 19.1 Å². The molecule has 0 bridgehead atoms. The van der Waals surface area contributed by atoms with Crippen LogP contribution in [0.3, 0.4) is 0 Å². The number of aliphatic carboxylic acids is 1. The number of nitro benzene ring substituents is 1. The summed E-state index contributed by atoms with van der Waals surface area (Å²) < 4.78 is 23.8. The topological polar surface area (TPSA) is 118 Å². The maximum atomic E-state index is 11.9. The molecule has 1 heterocycles. The molecule has 126 valence electrons. The molecule has 1 saturated heterocycles. The van der Waals surface area contributed by atoms with Gasteiger partial charge < -0.3 is 10.0 Å². The third-order valence-electron chi connectivity index (χ3n) is 3.99. The second-order valence-electron chi connectivity index (χ2n) is 5.43. The molecule has 1 aromatic carbocycles. The molecule has 8 nitrogen and oxygen atoms in total. The van der Waals surface area contributed by atoms with Gasteiger partial charge in [0, 0.05) is 19.2 Å². The number of hydrogen-bond donors (Lipinski definition) is 1. The van der Waals surface area contributed by atoms with E-state index in [4.69, 9.17) is 5.11 Å². The Morgan fingerprint density at radius 2 is 2.17 bits per heavy atom. The molecule has 0 aromatic heterocycles. The van der Waals surface area contributed by atoms with E-state index in [-0.39, 0.29) is 28.6 Å². The Morgan fingerprint density at radius 3 is 2.74 bits per heavy atom. The lowest BCUT2D eigenvalue weighted by molar-refractivity contribution is -0.384. The van der Waals surface area contributed by atoms with E-state index < -0.39 is 26.6 Å². The Balaban J connectivity index is 2.42. The van der Waals surface area contributed by atoms with Gasteiger partial charge in [-0.15, -0.1) is 0 Å². The molecular formula is C14H18N2O6S. The number of nitro groups is 1. The zero-order valence-corrected chi connectivity index (χ0v) is 13.5. The number of hydrogen-bond acceptors (Lipinski definition) is 6. The van der Waals surface area contributed by atoms with Gasteiger partial charge in [0.2, 0.25) is 0 Å². The molecule has 1 aromatic rings. The number of benzene rings is 1. The predicted octanol–water partition coefficient (Wildman–Crippen LogP) is 1.69. The maximum Gasteiger partial charge on any atom is 0.308 e. The largest absolute Gasteiger partial charge is 0.481 e. The van der Waals surface area contributed by atoms with E-state index in [2.05, 4.69) is 0 Å². The van der Waals surface area contributed by atoms with Gasteiger partial charge in [-0.25, -0.2) is 8.42 Å². The molecule has 1 atom stereocenters. The minimum Gasteiger partial charge on any atom is -0.481 e. The lowest BCUT2D eigenvalue weighted by Crippen LogP contribution is -2.39. The number of piperidine rings is 1. The Labute approximate surface area is 133 Å². The third-order valence-corrected chi connectivity index (χ3v) is 5.73. The minimum atomic E-state index is -3.54. The van der Waals surface area contributed by atoms with E-state index in [0.29, 0.717) is 19.4 Å². The van der Waals surface area contributed by atoms with Crippen LogP contribution < -0.4 is 4.90 Å². The van der Waals surface area contributed by atoms with Crippen LogP contribution in [0.1, 0.15) is 19.8 Å².